The van der Waals surface area contributed by atoms with Gasteiger partial charge in [-0.1, -0.05) is 60.7 Å². The SMILES string of the molecule is Cc1ccccc1C(=O)P(=O)(O)c1ccccc1-c1ccccc1O. The molecule has 126 valence electrons. The van der Waals surface area contributed by atoms with Crippen molar-refractivity contribution < 1.29 is 19.4 Å². The molecule has 0 saturated carbocycles. The highest BCUT2D eigenvalue weighted by atomic mass is 31.2. The zero-order valence-electron chi connectivity index (χ0n) is 13.6. The van der Waals surface area contributed by atoms with Gasteiger partial charge in [0.2, 0.25) is 0 Å². The van der Waals surface area contributed by atoms with Gasteiger partial charge in [0.15, 0.2) is 0 Å². The second-order valence-electron chi connectivity index (χ2n) is 5.73. The van der Waals surface area contributed by atoms with E-state index in [-0.39, 0.29) is 16.6 Å². The van der Waals surface area contributed by atoms with E-state index in [2.05, 4.69) is 0 Å². The third kappa shape index (κ3) is 3.14. The predicted molar refractivity (Wildman–Crippen MR) is 98.5 cm³/mol. The van der Waals surface area contributed by atoms with Crippen LogP contribution in [0.25, 0.3) is 11.1 Å². The molecule has 0 heterocycles. The minimum Gasteiger partial charge on any atom is -0.507 e. The number of aryl methyl sites for hydroxylation is 1. The van der Waals surface area contributed by atoms with Gasteiger partial charge in [-0.05, 0) is 30.2 Å². The first-order valence-corrected chi connectivity index (χ1v) is 9.40. The largest absolute Gasteiger partial charge is 0.507 e. The van der Waals surface area contributed by atoms with Crippen LogP contribution in [-0.4, -0.2) is 15.5 Å². The molecule has 0 radical (unpaired) electrons. The van der Waals surface area contributed by atoms with Gasteiger partial charge in [0.1, 0.15) is 5.75 Å². The molecule has 1 atom stereocenters. The molecule has 0 spiro atoms. The van der Waals surface area contributed by atoms with E-state index in [1.54, 1.807) is 67.6 Å². The molecule has 2 N–H and O–H groups in total. The molecule has 3 aromatic carbocycles. The van der Waals surface area contributed by atoms with E-state index in [9.17, 15) is 19.4 Å². The van der Waals surface area contributed by atoms with Gasteiger partial charge >= 0.3 is 0 Å². The van der Waals surface area contributed by atoms with Crippen molar-refractivity contribution in [2.75, 3.05) is 0 Å². The molecule has 0 aliphatic heterocycles. The normalized spacial score (nSPS) is 13.2. The van der Waals surface area contributed by atoms with Crippen LogP contribution < -0.4 is 5.30 Å². The summed E-state index contributed by atoms with van der Waals surface area (Å²) in [5.41, 5.74) is 0.828. The number of hydrogen-bond donors (Lipinski definition) is 2. The summed E-state index contributed by atoms with van der Waals surface area (Å²) < 4.78 is 13.1. The van der Waals surface area contributed by atoms with Crippen molar-refractivity contribution in [3.8, 4) is 16.9 Å². The maximum Gasteiger partial charge on any atom is 0.298 e. The Labute approximate surface area is 145 Å². The summed E-state index contributed by atoms with van der Waals surface area (Å²) in [5.74, 6) is -0.0155. The zero-order chi connectivity index (χ0) is 18.0. The number of rotatable bonds is 4. The fourth-order valence-corrected chi connectivity index (χ4v) is 4.36. The number of carbonyl (C=O) groups is 1. The van der Waals surface area contributed by atoms with E-state index < -0.39 is 12.9 Å². The summed E-state index contributed by atoms with van der Waals surface area (Å²) >= 11 is 0. The topological polar surface area (TPSA) is 74.6 Å². The molecule has 0 bridgehead atoms. The smallest absolute Gasteiger partial charge is 0.298 e. The highest BCUT2D eigenvalue weighted by molar-refractivity contribution is 7.83. The summed E-state index contributed by atoms with van der Waals surface area (Å²) in [6.07, 6.45) is 0. The zero-order valence-corrected chi connectivity index (χ0v) is 14.5. The Morgan fingerprint density at radius 3 is 2.08 bits per heavy atom. The first-order chi connectivity index (χ1) is 11.9. The van der Waals surface area contributed by atoms with Gasteiger partial charge < -0.3 is 10.00 Å². The lowest BCUT2D eigenvalue weighted by Crippen LogP contribution is -2.16. The number of carbonyl (C=O) groups excluding carboxylic acids is 1. The molecule has 0 aliphatic carbocycles. The molecular weight excluding hydrogens is 335 g/mol. The average molecular weight is 352 g/mol. The monoisotopic (exact) mass is 352 g/mol. The summed E-state index contributed by atoms with van der Waals surface area (Å²) in [5, 5.41) is 10.1. The number of phenols is 1. The summed E-state index contributed by atoms with van der Waals surface area (Å²) in [4.78, 5) is 23.5. The van der Waals surface area contributed by atoms with Crippen molar-refractivity contribution in [3.63, 3.8) is 0 Å². The standard InChI is InChI=1S/C20H17O4P/c1-14-8-2-3-9-15(14)20(22)25(23,24)19-13-7-5-11-17(19)16-10-4-6-12-18(16)21/h2-13,21H,1H3,(H,23,24). The van der Waals surface area contributed by atoms with Crippen LogP contribution in [-0.2, 0) is 4.57 Å². The number of aromatic hydroxyl groups is 1. The van der Waals surface area contributed by atoms with Crippen LogP contribution in [0.4, 0.5) is 0 Å². The Morgan fingerprint density at radius 1 is 0.840 bits per heavy atom. The molecule has 0 aromatic heterocycles. The predicted octanol–water partition coefficient (Wildman–Crippen LogP) is 4.10. The lowest BCUT2D eigenvalue weighted by atomic mass is 10.0. The van der Waals surface area contributed by atoms with Crippen LogP contribution in [0.15, 0.2) is 72.8 Å². The van der Waals surface area contributed by atoms with Gasteiger partial charge in [-0.15, -0.1) is 0 Å². The maximum absolute atomic E-state index is 13.1. The Kier molecular flexibility index (Phi) is 4.58. The second-order valence-corrected chi connectivity index (χ2v) is 7.77. The van der Waals surface area contributed by atoms with Crippen LogP contribution in [0.2, 0.25) is 0 Å². The Bertz CT molecular complexity index is 994. The first kappa shape index (κ1) is 17.2. The summed E-state index contributed by atoms with van der Waals surface area (Å²) in [7, 11) is -4.36. The summed E-state index contributed by atoms with van der Waals surface area (Å²) in [6.45, 7) is 1.72. The first-order valence-electron chi connectivity index (χ1n) is 7.74. The third-order valence-corrected chi connectivity index (χ3v) is 5.91. The molecule has 1 unspecified atom stereocenters. The molecule has 0 amide bonds. The molecule has 3 aromatic rings. The van der Waals surface area contributed by atoms with Gasteiger partial charge in [0.25, 0.3) is 12.9 Å². The lowest BCUT2D eigenvalue weighted by Gasteiger charge is -2.16. The third-order valence-electron chi connectivity index (χ3n) is 4.08. The molecule has 0 aliphatic rings. The molecule has 25 heavy (non-hydrogen) atoms. The van der Waals surface area contributed by atoms with Crippen molar-refractivity contribution in [2.45, 2.75) is 6.92 Å². The van der Waals surface area contributed by atoms with Crippen molar-refractivity contribution >= 4 is 18.2 Å². The molecule has 4 nitrogen and oxygen atoms in total. The van der Waals surface area contributed by atoms with Crippen LogP contribution in [0.3, 0.4) is 0 Å². The van der Waals surface area contributed by atoms with Crippen molar-refractivity contribution in [3.05, 3.63) is 83.9 Å². The molecule has 0 saturated heterocycles. The number of hydrogen-bond acceptors (Lipinski definition) is 3. The minimum absolute atomic E-state index is 0.0155. The van der Waals surface area contributed by atoms with Gasteiger partial charge in [0, 0.05) is 11.1 Å². The molecule has 3 rings (SSSR count). The van der Waals surface area contributed by atoms with Crippen molar-refractivity contribution in [1.29, 1.82) is 0 Å². The van der Waals surface area contributed by atoms with E-state index >= 15 is 0 Å². The highest BCUT2D eigenvalue weighted by Crippen LogP contribution is 2.47. The van der Waals surface area contributed by atoms with Gasteiger partial charge in [-0.25, -0.2) is 0 Å². The lowest BCUT2D eigenvalue weighted by molar-refractivity contribution is 0.106. The Hall–Kier alpha value is -2.68. The fraction of sp³-hybridized carbons (Fsp3) is 0.0500. The Morgan fingerprint density at radius 2 is 1.40 bits per heavy atom. The molecular formula is C20H17O4P. The van der Waals surface area contributed by atoms with Crippen LogP contribution in [0, 0.1) is 6.92 Å². The minimum atomic E-state index is -4.36. The van der Waals surface area contributed by atoms with Gasteiger partial charge in [0.05, 0.1) is 5.30 Å². The highest BCUT2D eigenvalue weighted by Gasteiger charge is 2.35. The van der Waals surface area contributed by atoms with Gasteiger partial charge in [-0.2, -0.15) is 0 Å². The fourth-order valence-electron chi connectivity index (χ4n) is 2.75. The molecule has 5 heteroatoms. The number of para-hydroxylation sites is 1. The van der Waals surface area contributed by atoms with E-state index in [0.29, 0.717) is 16.7 Å². The van der Waals surface area contributed by atoms with E-state index in [1.165, 1.54) is 12.1 Å². The summed E-state index contributed by atoms with van der Waals surface area (Å²) in [6, 6.07) is 19.6. The van der Waals surface area contributed by atoms with Crippen LogP contribution in [0.1, 0.15) is 15.9 Å². The van der Waals surface area contributed by atoms with E-state index in [0.717, 1.165) is 0 Å². The quantitative estimate of drug-likeness (QED) is 0.693. The van der Waals surface area contributed by atoms with E-state index in [1.807, 2.05) is 0 Å². The van der Waals surface area contributed by atoms with Crippen LogP contribution >= 0.6 is 7.37 Å². The van der Waals surface area contributed by atoms with Crippen molar-refractivity contribution in [2.24, 2.45) is 0 Å². The number of benzene rings is 3. The van der Waals surface area contributed by atoms with Crippen LogP contribution in [0.5, 0.6) is 5.75 Å². The Balaban J connectivity index is 2.17. The van der Waals surface area contributed by atoms with Crippen molar-refractivity contribution in [1.82, 2.24) is 0 Å². The maximum atomic E-state index is 13.1. The number of phenolic OH excluding ortho intramolecular Hbond substituents is 1. The second kappa shape index (κ2) is 6.67. The van der Waals surface area contributed by atoms with Gasteiger partial charge in [-0.3, -0.25) is 9.36 Å². The average Bonchev–Trinajstić information content (AvgIpc) is 2.62. The van der Waals surface area contributed by atoms with E-state index in [4.69, 9.17) is 0 Å². The molecule has 0 fully saturated rings.